The average Bonchev–Trinajstić information content (AvgIpc) is 2.66. The standard InChI is InChI=1S/C10H13NO4S/c1-6-9(10(13)15-3)7(4-11-6)16-5-8(12)14-2/h4,11H,5H2,1-3H3. The third-order valence-electron chi connectivity index (χ3n) is 2.00. The predicted octanol–water partition coefficient (Wildman–Crippen LogP) is 1.37. The van der Waals surface area contributed by atoms with Crippen LogP contribution in [0.4, 0.5) is 0 Å². The van der Waals surface area contributed by atoms with Gasteiger partial charge in [0.05, 0.1) is 25.5 Å². The third-order valence-corrected chi connectivity index (χ3v) is 3.02. The van der Waals surface area contributed by atoms with Gasteiger partial charge in [-0.2, -0.15) is 0 Å². The summed E-state index contributed by atoms with van der Waals surface area (Å²) >= 11 is 1.24. The van der Waals surface area contributed by atoms with Crippen molar-refractivity contribution in [3.63, 3.8) is 0 Å². The highest BCUT2D eigenvalue weighted by atomic mass is 32.2. The summed E-state index contributed by atoms with van der Waals surface area (Å²) in [5, 5.41) is 0. The van der Waals surface area contributed by atoms with E-state index in [-0.39, 0.29) is 11.7 Å². The number of esters is 2. The minimum atomic E-state index is -0.411. The number of aromatic nitrogens is 1. The SMILES string of the molecule is COC(=O)CSc1c[nH]c(C)c1C(=O)OC. The Morgan fingerprint density at radius 2 is 2.06 bits per heavy atom. The van der Waals surface area contributed by atoms with E-state index in [1.54, 1.807) is 13.1 Å². The van der Waals surface area contributed by atoms with Crippen molar-refractivity contribution in [1.29, 1.82) is 0 Å². The van der Waals surface area contributed by atoms with Crippen LogP contribution in [0.3, 0.4) is 0 Å². The minimum absolute atomic E-state index is 0.164. The summed E-state index contributed by atoms with van der Waals surface area (Å²) in [6.45, 7) is 1.77. The number of aromatic amines is 1. The topological polar surface area (TPSA) is 68.4 Å². The fourth-order valence-electron chi connectivity index (χ4n) is 1.17. The third kappa shape index (κ3) is 2.79. The summed E-state index contributed by atoms with van der Waals surface area (Å²) in [6, 6.07) is 0. The molecule has 0 spiro atoms. The molecule has 0 unspecified atom stereocenters. The molecular weight excluding hydrogens is 230 g/mol. The van der Waals surface area contributed by atoms with Gasteiger partial charge in [-0.1, -0.05) is 0 Å². The summed E-state index contributed by atoms with van der Waals surface area (Å²) in [5.41, 5.74) is 1.19. The fraction of sp³-hybridized carbons (Fsp3) is 0.400. The van der Waals surface area contributed by atoms with Crippen LogP contribution in [0.2, 0.25) is 0 Å². The highest BCUT2D eigenvalue weighted by Crippen LogP contribution is 2.25. The molecule has 0 aromatic carbocycles. The van der Waals surface area contributed by atoms with Crippen LogP contribution in [-0.4, -0.2) is 36.9 Å². The highest BCUT2D eigenvalue weighted by molar-refractivity contribution is 8.00. The van der Waals surface area contributed by atoms with E-state index in [0.717, 1.165) is 5.69 Å². The Bertz CT molecular complexity index is 400. The van der Waals surface area contributed by atoms with Crippen LogP contribution in [0.25, 0.3) is 0 Å². The summed E-state index contributed by atoms with van der Waals surface area (Å²) < 4.78 is 9.18. The number of nitrogens with one attached hydrogen (secondary N) is 1. The van der Waals surface area contributed by atoms with Crippen molar-refractivity contribution in [3.8, 4) is 0 Å². The van der Waals surface area contributed by atoms with E-state index >= 15 is 0 Å². The number of hydrogen-bond donors (Lipinski definition) is 1. The largest absolute Gasteiger partial charge is 0.468 e. The van der Waals surface area contributed by atoms with Gasteiger partial charge in [-0.25, -0.2) is 4.79 Å². The molecule has 1 N–H and O–H groups in total. The summed E-state index contributed by atoms with van der Waals surface area (Å²) in [4.78, 5) is 26.0. The molecule has 0 aliphatic heterocycles. The van der Waals surface area contributed by atoms with Gasteiger partial charge in [0, 0.05) is 16.8 Å². The van der Waals surface area contributed by atoms with Gasteiger partial charge in [-0.15, -0.1) is 11.8 Å². The first-order chi connectivity index (χ1) is 7.60. The van der Waals surface area contributed by atoms with E-state index < -0.39 is 5.97 Å². The average molecular weight is 243 g/mol. The molecule has 1 aromatic heterocycles. The van der Waals surface area contributed by atoms with Crippen LogP contribution >= 0.6 is 11.8 Å². The maximum Gasteiger partial charge on any atom is 0.340 e. The molecule has 0 aliphatic carbocycles. The molecule has 0 fully saturated rings. The van der Waals surface area contributed by atoms with E-state index in [9.17, 15) is 9.59 Å². The zero-order valence-corrected chi connectivity index (χ0v) is 10.1. The maximum absolute atomic E-state index is 11.5. The summed E-state index contributed by atoms with van der Waals surface area (Å²) in [7, 11) is 2.65. The van der Waals surface area contributed by atoms with Gasteiger partial charge in [-0.3, -0.25) is 4.79 Å². The second-order valence-electron chi connectivity index (χ2n) is 3.01. The van der Waals surface area contributed by atoms with Crippen LogP contribution < -0.4 is 0 Å². The molecule has 88 valence electrons. The number of aryl methyl sites for hydroxylation is 1. The Labute approximate surface area is 97.5 Å². The lowest BCUT2D eigenvalue weighted by Gasteiger charge is -2.02. The number of carbonyl (C=O) groups is 2. The van der Waals surface area contributed by atoms with Gasteiger partial charge in [0.1, 0.15) is 0 Å². The summed E-state index contributed by atoms with van der Waals surface area (Å²) in [6.07, 6.45) is 1.68. The number of methoxy groups -OCH3 is 2. The van der Waals surface area contributed by atoms with Crippen molar-refractivity contribution in [2.75, 3.05) is 20.0 Å². The molecule has 6 heteroatoms. The summed E-state index contributed by atoms with van der Waals surface area (Å²) in [5.74, 6) is -0.580. The van der Waals surface area contributed by atoms with Crippen LogP contribution in [0.15, 0.2) is 11.1 Å². The van der Waals surface area contributed by atoms with E-state index in [1.807, 2.05) is 0 Å². The van der Waals surface area contributed by atoms with Crippen molar-refractivity contribution >= 4 is 23.7 Å². The normalized spacial score (nSPS) is 9.94. The molecule has 0 saturated carbocycles. The van der Waals surface area contributed by atoms with Crippen molar-refractivity contribution < 1.29 is 19.1 Å². The number of ether oxygens (including phenoxy) is 2. The van der Waals surface area contributed by atoms with E-state index in [2.05, 4.69) is 14.5 Å². The van der Waals surface area contributed by atoms with Crippen LogP contribution in [0, 0.1) is 6.92 Å². The highest BCUT2D eigenvalue weighted by Gasteiger charge is 2.17. The van der Waals surface area contributed by atoms with E-state index in [0.29, 0.717) is 10.5 Å². The second-order valence-corrected chi connectivity index (χ2v) is 4.03. The molecule has 1 aromatic rings. The van der Waals surface area contributed by atoms with Crippen LogP contribution in [0.1, 0.15) is 16.1 Å². The minimum Gasteiger partial charge on any atom is -0.468 e. The Kier molecular flexibility index (Phi) is 4.42. The quantitative estimate of drug-likeness (QED) is 0.639. The van der Waals surface area contributed by atoms with Gasteiger partial charge in [0.15, 0.2) is 0 Å². The number of thioether (sulfide) groups is 1. The Morgan fingerprint density at radius 1 is 1.38 bits per heavy atom. The molecular formula is C10H13NO4S. The number of H-pyrrole nitrogens is 1. The molecule has 1 heterocycles. The van der Waals surface area contributed by atoms with Crippen molar-refractivity contribution in [3.05, 3.63) is 17.5 Å². The van der Waals surface area contributed by atoms with Gasteiger partial charge in [0.2, 0.25) is 0 Å². The first-order valence-electron chi connectivity index (χ1n) is 4.56. The molecule has 0 saturated heterocycles. The molecule has 1 rings (SSSR count). The monoisotopic (exact) mass is 243 g/mol. The van der Waals surface area contributed by atoms with Gasteiger partial charge in [0.25, 0.3) is 0 Å². The van der Waals surface area contributed by atoms with E-state index in [1.165, 1.54) is 26.0 Å². The molecule has 16 heavy (non-hydrogen) atoms. The molecule has 0 atom stereocenters. The van der Waals surface area contributed by atoms with Crippen molar-refractivity contribution in [1.82, 2.24) is 4.98 Å². The first-order valence-corrected chi connectivity index (χ1v) is 5.54. The molecule has 0 radical (unpaired) electrons. The molecule has 0 amide bonds. The Morgan fingerprint density at radius 3 is 2.62 bits per heavy atom. The zero-order valence-electron chi connectivity index (χ0n) is 9.33. The lowest BCUT2D eigenvalue weighted by atomic mass is 10.2. The smallest absolute Gasteiger partial charge is 0.340 e. The van der Waals surface area contributed by atoms with Crippen molar-refractivity contribution in [2.24, 2.45) is 0 Å². The maximum atomic E-state index is 11.5. The lowest BCUT2D eigenvalue weighted by molar-refractivity contribution is -0.137. The predicted molar refractivity (Wildman–Crippen MR) is 59.6 cm³/mol. The Balaban J connectivity index is 2.80. The van der Waals surface area contributed by atoms with E-state index in [4.69, 9.17) is 0 Å². The fourth-order valence-corrected chi connectivity index (χ4v) is 2.08. The Hall–Kier alpha value is -1.43. The number of hydrogen-bond acceptors (Lipinski definition) is 5. The van der Waals surface area contributed by atoms with Gasteiger partial charge < -0.3 is 14.5 Å². The molecule has 0 bridgehead atoms. The van der Waals surface area contributed by atoms with Crippen molar-refractivity contribution in [2.45, 2.75) is 11.8 Å². The number of rotatable bonds is 4. The number of carbonyl (C=O) groups excluding carboxylic acids is 2. The van der Waals surface area contributed by atoms with Gasteiger partial charge >= 0.3 is 11.9 Å². The molecule has 5 nitrogen and oxygen atoms in total. The second kappa shape index (κ2) is 5.60. The first kappa shape index (κ1) is 12.6. The van der Waals surface area contributed by atoms with Crippen LogP contribution in [-0.2, 0) is 14.3 Å². The van der Waals surface area contributed by atoms with Gasteiger partial charge in [-0.05, 0) is 6.92 Å². The lowest BCUT2D eigenvalue weighted by Crippen LogP contribution is -2.06. The van der Waals surface area contributed by atoms with Crippen LogP contribution in [0.5, 0.6) is 0 Å². The molecule has 0 aliphatic rings. The zero-order chi connectivity index (χ0) is 12.1.